The molecule has 19 heavy (non-hydrogen) atoms. The molecule has 2 aromatic rings. The summed E-state index contributed by atoms with van der Waals surface area (Å²) in [5, 5.41) is 9.32. The molecule has 1 aromatic heterocycles. The zero-order valence-corrected chi connectivity index (χ0v) is 11.8. The summed E-state index contributed by atoms with van der Waals surface area (Å²) < 4.78 is 0. The van der Waals surface area contributed by atoms with Crippen molar-refractivity contribution in [1.82, 2.24) is 9.97 Å². The number of carboxylic acids is 1. The number of aromatic carboxylic acids is 1. The van der Waals surface area contributed by atoms with Crippen LogP contribution in [0.5, 0.6) is 0 Å². The van der Waals surface area contributed by atoms with Gasteiger partial charge in [0.05, 0.1) is 11.4 Å². The Kier molecular flexibility index (Phi) is 3.85. The van der Waals surface area contributed by atoms with Gasteiger partial charge in [0, 0.05) is 10.5 Å². The third kappa shape index (κ3) is 2.76. The van der Waals surface area contributed by atoms with Crippen LogP contribution in [-0.4, -0.2) is 27.3 Å². The van der Waals surface area contributed by atoms with Crippen molar-refractivity contribution in [2.45, 2.75) is 18.7 Å². The number of carbonyl (C=O) groups is 1. The number of hydrogen-bond acceptors (Lipinski definition) is 4. The zero-order valence-electron chi connectivity index (χ0n) is 11.0. The van der Waals surface area contributed by atoms with Crippen LogP contribution in [0, 0.1) is 13.8 Å². The predicted molar refractivity (Wildman–Crippen MR) is 75.7 cm³/mol. The summed E-state index contributed by atoms with van der Waals surface area (Å²) >= 11 is 1.64. The molecule has 2 rings (SSSR count). The van der Waals surface area contributed by atoms with Gasteiger partial charge in [-0.1, -0.05) is 12.1 Å². The summed E-state index contributed by atoms with van der Waals surface area (Å²) in [4.78, 5) is 20.9. The third-order valence-electron chi connectivity index (χ3n) is 2.78. The standard InChI is InChI=1S/C14H14N2O2S/c1-8-12(14(17)18)13(16-9(2)15-8)10-4-6-11(19-3)7-5-10/h4-7H,1-3H3,(H,17,18). The first kappa shape index (κ1) is 13.5. The van der Waals surface area contributed by atoms with Gasteiger partial charge < -0.3 is 5.11 Å². The maximum absolute atomic E-state index is 11.4. The van der Waals surface area contributed by atoms with Gasteiger partial charge in [0.1, 0.15) is 11.4 Å². The van der Waals surface area contributed by atoms with Crippen molar-refractivity contribution in [3.8, 4) is 11.3 Å². The van der Waals surface area contributed by atoms with Crippen molar-refractivity contribution in [2.75, 3.05) is 6.26 Å². The zero-order chi connectivity index (χ0) is 14.0. The van der Waals surface area contributed by atoms with Crippen LogP contribution in [0.15, 0.2) is 29.2 Å². The van der Waals surface area contributed by atoms with E-state index in [-0.39, 0.29) is 5.56 Å². The molecule has 0 saturated heterocycles. The minimum atomic E-state index is -0.999. The van der Waals surface area contributed by atoms with E-state index in [0.29, 0.717) is 17.2 Å². The van der Waals surface area contributed by atoms with Gasteiger partial charge in [-0.2, -0.15) is 0 Å². The Morgan fingerprint density at radius 2 is 1.79 bits per heavy atom. The number of hydrogen-bond donors (Lipinski definition) is 1. The van der Waals surface area contributed by atoms with Crippen molar-refractivity contribution >= 4 is 17.7 Å². The van der Waals surface area contributed by atoms with Crippen LogP contribution in [0.2, 0.25) is 0 Å². The van der Waals surface area contributed by atoms with Crippen LogP contribution in [0.25, 0.3) is 11.3 Å². The molecule has 0 unspecified atom stereocenters. The maximum Gasteiger partial charge on any atom is 0.339 e. The van der Waals surface area contributed by atoms with Crippen LogP contribution < -0.4 is 0 Å². The first-order chi connectivity index (χ1) is 9.02. The van der Waals surface area contributed by atoms with Crippen molar-refractivity contribution in [2.24, 2.45) is 0 Å². The van der Waals surface area contributed by atoms with Gasteiger partial charge in [0.15, 0.2) is 0 Å². The Bertz CT molecular complexity index is 624. The molecule has 1 N–H and O–H groups in total. The van der Waals surface area contributed by atoms with Gasteiger partial charge in [-0.25, -0.2) is 14.8 Å². The smallest absolute Gasteiger partial charge is 0.339 e. The van der Waals surface area contributed by atoms with Crippen molar-refractivity contribution < 1.29 is 9.90 Å². The number of carboxylic acid groups (broad SMARTS) is 1. The molecule has 1 heterocycles. The lowest BCUT2D eigenvalue weighted by molar-refractivity contribution is 0.0696. The highest BCUT2D eigenvalue weighted by molar-refractivity contribution is 7.98. The molecule has 0 aliphatic carbocycles. The highest BCUT2D eigenvalue weighted by Gasteiger charge is 2.18. The summed E-state index contributed by atoms with van der Waals surface area (Å²) in [5.41, 5.74) is 1.93. The molecule has 0 saturated carbocycles. The highest BCUT2D eigenvalue weighted by atomic mass is 32.2. The Hall–Kier alpha value is -1.88. The van der Waals surface area contributed by atoms with E-state index in [1.165, 1.54) is 0 Å². The van der Waals surface area contributed by atoms with Crippen LogP contribution in [0.1, 0.15) is 21.9 Å². The average Bonchev–Trinajstić information content (AvgIpc) is 2.37. The molecule has 0 spiro atoms. The fourth-order valence-electron chi connectivity index (χ4n) is 1.93. The van der Waals surface area contributed by atoms with E-state index in [9.17, 15) is 9.90 Å². The molecule has 0 bridgehead atoms. The Labute approximate surface area is 115 Å². The molecule has 0 amide bonds. The molecular formula is C14H14N2O2S. The number of benzene rings is 1. The van der Waals surface area contributed by atoms with Gasteiger partial charge in [0.2, 0.25) is 0 Å². The van der Waals surface area contributed by atoms with Gasteiger partial charge >= 0.3 is 5.97 Å². The lowest BCUT2D eigenvalue weighted by atomic mass is 10.0. The van der Waals surface area contributed by atoms with Crippen molar-refractivity contribution in [1.29, 1.82) is 0 Å². The summed E-state index contributed by atoms with van der Waals surface area (Å²) in [6.07, 6.45) is 2.00. The summed E-state index contributed by atoms with van der Waals surface area (Å²) in [7, 11) is 0. The molecule has 0 atom stereocenters. The fraction of sp³-hybridized carbons (Fsp3) is 0.214. The van der Waals surface area contributed by atoms with E-state index in [0.717, 1.165) is 10.5 Å². The first-order valence-electron chi connectivity index (χ1n) is 5.76. The first-order valence-corrected chi connectivity index (χ1v) is 6.98. The Morgan fingerprint density at radius 1 is 1.16 bits per heavy atom. The molecule has 5 heteroatoms. The third-order valence-corrected chi connectivity index (χ3v) is 3.52. The minimum absolute atomic E-state index is 0.169. The number of aromatic nitrogens is 2. The van der Waals surface area contributed by atoms with Crippen LogP contribution >= 0.6 is 11.8 Å². The van der Waals surface area contributed by atoms with Crippen molar-refractivity contribution in [3.05, 3.63) is 41.3 Å². The monoisotopic (exact) mass is 274 g/mol. The summed E-state index contributed by atoms with van der Waals surface area (Å²) in [6, 6.07) is 7.69. The maximum atomic E-state index is 11.4. The van der Waals surface area contributed by atoms with Crippen LogP contribution in [0.4, 0.5) is 0 Å². The van der Waals surface area contributed by atoms with E-state index < -0.39 is 5.97 Å². The lowest BCUT2D eigenvalue weighted by Gasteiger charge is -2.09. The predicted octanol–water partition coefficient (Wildman–Crippen LogP) is 3.18. The van der Waals surface area contributed by atoms with Gasteiger partial charge in [-0.3, -0.25) is 0 Å². The van der Waals surface area contributed by atoms with E-state index in [1.807, 2.05) is 30.5 Å². The van der Waals surface area contributed by atoms with E-state index >= 15 is 0 Å². The normalized spacial score (nSPS) is 10.5. The van der Waals surface area contributed by atoms with E-state index in [1.54, 1.807) is 25.6 Å². The second kappa shape index (κ2) is 5.40. The van der Waals surface area contributed by atoms with Crippen LogP contribution in [-0.2, 0) is 0 Å². The molecule has 98 valence electrons. The Morgan fingerprint density at radius 3 is 2.32 bits per heavy atom. The van der Waals surface area contributed by atoms with Gasteiger partial charge in [0.25, 0.3) is 0 Å². The number of rotatable bonds is 3. The number of nitrogens with zero attached hydrogens (tertiary/aromatic N) is 2. The minimum Gasteiger partial charge on any atom is -0.478 e. The Balaban J connectivity index is 2.62. The van der Waals surface area contributed by atoms with Crippen LogP contribution in [0.3, 0.4) is 0 Å². The molecule has 1 aromatic carbocycles. The SMILES string of the molecule is CSc1ccc(-c2nc(C)nc(C)c2C(=O)O)cc1. The molecule has 0 radical (unpaired) electrons. The van der Waals surface area contributed by atoms with Crippen molar-refractivity contribution in [3.63, 3.8) is 0 Å². The second-order valence-electron chi connectivity index (χ2n) is 4.11. The molecule has 0 fully saturated rings. The van der Waals surface area contributed by atoms with Gasteiger partial charge in [-0.15, -0.1) is 11.8 Å². The lowest BCUT2D eigenvalue weighted by Crippen LogP contribution is -2.08. The number of thioether (sulfide) groups is 1. The summed E-state index contributed by atoms with van der Waals surface area (Å²) in [5.74, 6) is -0.423. The average molecular weight is 274 g/mol. The second-order valence-corrected chi connectivity index (χ2v) is 4.99. The molecular weight excluding hydrogens is 260 g/mol. The highest BCUT2D eigenvalue weighted by Crippen LogP contribution is 2.26. The number of aryl methyl sites for hydroxylation is 2. The molecule has 4 nitrogen and oxygen atoms in total. The van der Waals surface area contributed by atoms with E-state index in [2.05, 4.69) is 9.97 Å². The largest absolute Gasteiger partial charge is 0.478 e. The fourth-order valence-corrected chi connectivity index (χ4v) is 2.33. The van der Waals surface area contributed by atoms with E-state index in [4.69, 9.17) is 0 Å². The summed E-state index contributed by atoms with van der Waals surface area (Å²) in [6.45, 7) is 3.45. The quantitative estimate of drug-likeness (QED) is 0.871. The topological polar surface area (TPSA) is 63.1 Å². The molecule has 0 aliphatic rings. The molecule has 0 aliphatic heterocycles. The van der Waals surface area contributed by atoms with Gasteiger partial charge in [-0.05, 0) is 32.2 Å².